The molecule has 0 spiro atoms. The van der Waals surface area contributed by atoms with Crippen molar-refractivity contribution in [3.63, 3.8) is 0 Å². The Bertz CT molecular complexity index is 168. The Hall–Kier alpha value is -0.670. The van der Waals surface area contributed by atoms with Crippen molar-refractivity contribution in [2.24, 2.45) is 5.92 Å². The molecule has 11 heavy (non-hydrogen) atoms. The van der Waals surface area contributed by atoms with E-state index < -0.39 is 24.2 Å². The highest BCUT2D eigenvalue weighted by Crippen LogP contribution is 2.41. The normalized spacial score (nSPS) is 28.7. The number of hydrogen-bond acceptors (Lipinski definition) is 1. The van der Waals surface area contributed by atoms with Crippen molar-refractivity contribution in [2.75, 3.05) is 0 Å². The summed E-state index contributed by atoms with van der Waals surface area (Å²) in [5.41, 5.74) is 0. The van der Waals surface area contributed by atoms with Gasteiger partial charge in [0.05, 0.1) is 6.42 Å². The fourth-order valence-electron chi connectivity index (χ4n) is 1.46. The number of carbonyl (C=O) groups is 1. The standard InChI is InChI=1S/C7H10F2O2/c8-7(9)3-1-2-5(7)4-6(10)11/h5H,1-4H2,(H,10,11)/t5-/m1/s1. The molecular weight excluding hydrogens is 154 g/mol. The Morgan fingerprint density at radius 1 is 1.64 bits per heavy atom. The van der Waals surface area contributed by atoms with Gasteiger partial charge in [-0.2, -0.15) is 0 Å². The van der Waals surface area contributed by atoms with Crippen molar-refractivity contribution >= 4 is 5.97 Å². The predicted molar refractivity (Wildman–Crippen MR) is 34.5 cm³/mol. The van der Waals surface area contributed by atoms with Gasteiger partial charge in [0.15, 0.2) is 0 Å². The molecule has 2 nitrogen and oxygen atoms in total. The average molecular weight is 164 g/mol. The number of rotatable bonds is 2. The minimum atomic E-state index is -2.74. The van der Waals surface area contributed by atoms with E-state index in [9.17, 15) is 13.6 Å². The van der Waals surface area contributed by atoms with Crippen LogP contribution in [0.1, 0.15) is 25.7 Å². The lowest BCUT2D eigenvalue weighted by molar-refractivity contribution is -0.141. The highest BCUT2D eigenvalue weighted by Gasteiger charge is 2.44. The van der Waals surface area contributed by atoms with Crippen molar-refractivity contribution in [3.8, 4) is 0 Å². The molecule has 0 aliphatic heterocycles. The van der Waals surface area contributed by atoms with E-state index in [2.05, 4.69) is 0 Å². The van der Waals surface area contributed by atoms with Gasteiger partial charge in [-0.25, -0.2) is 8.78 Å². The second-order valence-electron chi connectivity index (χ2n) is 2.95. The van der Waals surface area contributed by atoms with Gasteiger partial charge in [-0.15, -0.1) is 0 Å². The maximum atomic E-state index is 12.7. The Balaban J connectivity index is 2.51. The zero-order chi connectivity index (χ0) is 8.48. The summed E-state index contributed by atoms with van der Waals surface area (Å²) < 4.78 is 25.4. The number of aliphatic carboxylic acids is 1. The van der Waals surface area contributed by atoms with Crippen molar-refractivity contribution < 1.29 is 18.7 Å². The summed E-state index contributed by atoms with van der Waals surface area (Å²) >= 11 is 0. The molecule has 1 aliphatic rings. The molecule has 0 amide bonds. The molecule has 0 unspecified atom stereocenters. The third-order valence-electron chi connectivity index (χ3n) is 2.08. The summed E-state index contributed by atoms with van der Waals surface area (Å²) in [6.07, 6.45) is 0.252. The van der Waals surface area contributed by atoms with Crippen molar-refractivity contribution in [3.05, 3.63) is 0 Å². The second kappa shape index (κ2) is 2.75. The van der Waals surface area contributed by atoms with Crippen LogP contribution >= 0.6 is 0 Å². The number of halogens is 2. The van der Waals surface area contributed by atoms with Crippen molar-refractivity contribution in [1.29, 1.82) is 0 Å². The molecule has 0 bridgehead atoms. The monoisotopic (exact) mass is 164 g/mol. The molecule has 1 aliphatic carbocycles. The van der Waals surface area contributed by atoms with Gasteiger partial charge in [0.1, 0.15) is 0 Å². The van der Waals surface area contributed by atoms with Gasteiger partial charge in [0.2, 0.25) is 0 Å². The first-order valence-electron chi connectivity index (χ1n) is 3.62. The van der Waals surface area contributed by atoms with Gasteiger partial charge in [-0.05, 0) is 12.8 Å². The third-order valence-corrected chi connectivity index (χ3v) is 2.08. The minimum Gasteiger partial charge on any atom is -0.481 e. The summed E-state index contributed by atoms with van der Waals surface area (Å²) in [5, 5.41) is 8.27. The molecule has 0 aromatic carbocycles. The molecule has 4 heteroatoms. The molecule has 1 N–H and O–H groups in total. The first-order valence-corrected chi connectivity index (χ1v) is 3.62. The smallest absolute Gasteiger partial charge is 0.303 e. The number of hydrogen-bond donors (Lipinski definition) is 1. The second-order valence-corrected chi connectivity index (χ2v) is 2.95. The first kappa shape index (κ1) is 8.43. The zero-order valence-corrected chi connectivity index (χ0v) is 6.02. The molecule has 1 fully saturated rings. The molecule has 0 radical (unpaired) electrons. The summed E-state index contributed by atoms with van der Waals surface area (Å²) in [7, 11) is 0. The molecule has 1 rings (SSSR count). The molecule has 0 heterocycles. The Morgan fingerprint density at radius 3 is 2.64 bits per heavy atom. The van der Waals surface area contributed by atoms with Crippen molar-refractivity contribution in [2.45, 2.75) is 31.6 Å². The number of alkyl halides is 2. The highest BCUT2D eigenvalue weighted by molar-refractivity contribution is 5.67. The quantitative estimate of drug-likeness (QED) is 0.676. The summed E-state index contributed by atoms with van der Waals surface area (Å²) in [4.78, 5) is 10.1. The SMILES string of the molecule is O=C(O)C[C@H]1CCCC1(F)F. The van der Waals surface area contributed by atoms with Crippen LogP contribution in [0.15, 0.2) is 0 Å². The number of carboxylic acids is 1. The van der Waals surface area contributed by atoms with E-state index in [-0.39, 0.29) is 6.42 Å². The van der Waals surface area contributed by atoms with Gasteiger partial charge in [-0.3, -0.25) is 4.79 Å². The molecular formula is C7H10F2O2. The van der Waals surface area contributed by atoms with Crippen LogP contribution in [0.5, 0.6) is 0 Å². The molecule has 1 saturated carbocycles. The lowest BCUT2D eigenvalue weighted by Crippen LogP contribution is -2.23. The summed E-state index contributed by atoms with van der Waals surface area (Å²) in [5.74, 6) is -4.80. The lowest BCUT2D eigenvalue weighted by Gasteiger charge is -2.16. The van der Waals surface area contributed by atoms with Crippen LogP contribution < -0.4 is 0 Å². The van der Waals surface area contributed by atoms with E-state index in [0.717, 1.165) is 0 Å². The van der Waals surface area contributed by atoms with E-state index in [1.807, 2.05) is 0 Å². The molecule has 0 aromatic rings. The van der Waals surface area contributed by atoms with E-state index in [4.69, 9.17) is 5.11 Å². The van der Waals surface area contributed by atoms with Crippen LogP contribution in [0, 0.1) is 5.92 Å². The predicted octanol–water partition coefficient (Wildman–Crippen LogP) is 1.90. The summed E-state index contributed by atoms with van der Waals surface area (Å²) in [6, 6.07) is 0. The largest absolute Gasteiger partial charge is 0.481 e. The van der Waals surface area contributed by atoms with Crippen LogP contribution in [-0.2, 0) is 4.79 Å². The van der Waals surface area contributed by atoms with E-state index >= 15 is 0 Å². The van der Waals surface area contributed by atoms with Crippen LogP contribution in [-0.4, -0.2) is 17.0 Å². The Labute approximate surface area is 63.2 Å². The molecule has 1 atom stereocenters. The highest BCUT2D eigenvalue weighted by atomic mass is 19.3. The maximum Gasteiger partial charge on any atom is 0.303 e. The molecule has 0 aromatic heterocycles. The lowest BCUT2D eigenvalue weighted by atomic mass is 10.0. The average Bonchev–Trinajstić information content (AvgIpc) is 2.10. The van der Waals surface area contributed by atoms with Gasteiger partial charge < -0.3 is 5.11 Å². The van der Waals surface area contributed by atoms with Crippen LogP contribution in [0.4, 0.5) is 8.78 Å². The van der Waals surface area contributed by atoms with E-state index in [1.54, 1.807) is 0 Å². The molecule has 64 valence electrons. The number of carboxylic acid groups (broad SMARTS) is 1. The first-order chi connectivity index (χ1) is 5.02. The van der Waals surface area contributed by atoms with E-state index in [1.165, 1.54) is 0 Å². The van der Waals surface area contributed by atoms with E-state index in [0.29, 0.717) is 12.8 Å². The fourth-order valence-corrected chi connectivity index (χ4v) is 1.46. The van der Waals surface area contributed by atoms with Crippen LogP contribution in [0.2, 0.25) is 0 Å². The topological polar surface area (TPSA) is 37.3 Å². The van der Waals surface area contributed by atoms with Crippen LogP contribution in [0.25, 0.3) is 0 Å². The minimum absolute atomic E-state index is 0.148. The van der Waals surface area contributed by atoms with Gasteiger partial charge in [0, 0.05) is 12.3 Å². The molecule has 0 saturated heterocycles. The van der Waals surface area contributed by atoms with Crippen LogP contribution in [0.3, 0.4) is 0 Å². The van der Waals surface area contributed by atoms with Gasteiger partial charge in [0.25, 0.3) is 5.92 Å². The van der Waals surface area contributed by atoms with Gasteiger partial charge in [-0.1, -0.05) is 0 Å². The maximum absolute atomic E-state index is 12.7. The Kier molecular flexibility index (Phi) is 2.11. The fraction of sp³-hybridized carbons (Fsp3) is 0.857. The summed E-state index contributed by atoms with van der Waals surface area (Å²) in [6.45, 7) is 0. The Morgan fingerprint density at radius 2 is 2.27 bits per heavy atom. The van der Waals surface area contributed by atoms with Crippen molar-refractivity contribution in [1.82, 2.24) is 0 Å². The zero-order valence-electron chi connectivity index (χ0n) is 6.02. The van der Waals surface area contributed by atoms with Gasteiger partial charge >= 0.3 is 5.97 Å². The third kappa shape index (κ3) is 1.88.